The molecule has 2 N–H and O–H groups in total. The number of nitrogens with one attached hydrogen (secondary N) is 2. The smallest absolute Gasteiger partial charge is 0.293 e. The predicted molar refractivity (Wildman–Crippen MR) is 118 cm³/mol. The SMILES string of the molecule is COCCNc1ccc(C(=O)Nc2nc(-c3ccc(C)cc3C)cs2)cc1[N+](=O)[O-]. The number of ether oxygens (including phenoxy) is 1. The maximum atomic E-state index is 12.6. The third-order valence-corrected chi connectivity index (χ3v) is 5.22. The molecular weight excluding hydrogens is 404 g/mol. The number of aryl methyl sites for hydroxylation is 2. The lowest BCUT2D eigenvalue weighted by Crippen LogP contribution is -2.13. The number of aromatic nitrogens is 1. The molecular formula is C21H22N4O4S. The van der Waals surface area contributed by atoms with Crippen LogP contribution in [0.1, 0.15) is 21.5 Å². The van der Waals surface area contributed by atoms with E-state index < -0.39 is 10.8 Å². The molecule has 0 atom stereocenters. The van der Waals surface area contributed by atoms with Crippen molar-refractivity contribution in [3.05, 3.63) is 68.6 Å². The molecule has 0 fully saturated rings. The Balaban J connectivity index is 1.77. The number of nitro benzene ring substituents is 1. The molecule has 0 aliphatic heterocycles. The quantitative estimate of drug-likeness (QED) is 0.309. The highest BCUT2D eigenvalue weighted by Crippen LogP contribution is 2.29. The van der Waals surface area contributed by atoms with Crippen LogP contribution in [0.4, 0.5) is 16.5 Å². The number of methoxy groups -OCH3 is 1. The van der Waals surface area contributed by atoms with E-state index in [2.05, 4.69) is 21.7 Å². The van der Waals surface area contributed by atoms with Gasteiger partial charge >= 0.3 is 0 Å². The average molecular weight is 426 g/mol. The molecule has 0 unspecified atom stereocenters. The van der Waals surface area contributed by atoms with Crippen molar-refractivity contribution in [2.45, 2.75) is 13.8 Å². The lowest BCUT2D eigenvalue weighted by molar-refractivity contribution is -0.384. The van der Waals surface area contributed by atoms with Gasteiger partial charge in [0.2, 0.25) is 0 Å². The zero-order valence-electron chi connectivity index (χ0n) is 16.9. The van der Waals surface area contributed by atoms with Crippen LogP contribution < -0.4 is 10.6 Å². The third kappa shape index (κ3) is 5.00. The minimum absolute atomic E-state index is 0.172. The second kappa shape index (κ2) is 9.47. The molecule has 1 heterocycles. The number of nitro groups is 1. The van der Waals surface area contributed by atoms with Crippen molar-refractivity contribution in [3.63, 3.8) is 0 Å². The summed E-state index contributed by atoms with van der Waals surface area (Å²) in [6.07, 6.45) is 0. The highest BCUT2D eigenvalue weighted by atomic mass is 32.1. The van der Waals surface area contributed by atoms with E-state index in [4.69, 9.17) is 4.74 Å². The minimum atomic E-state index is -0.520. The van der Waals surface area contributed by atoms with Gasteiger partial charge in [0, 0.05) is 36.2 Å². The lowest BCUT2D eigenvalue weighted by atomic mass is 10.0. The number of hydrogen-bond donors (Lipinski definition) is 2. The fraction of sp³-hybridized carbons (Fsp3) is 0.238. The first-order chi connectivity index (χ1) is 14.4. The van der Waals surface area contributed by atoms with Gasteiger partial charge in [-0.25, -0.2) is 4.98 Å². The summed E-state index contributed by atoms with van der Waals surface area (Å²) in [4.78, 5) is 28.0. The van der Waals surface area contributed by atoms with Gasteiger partial charge in [-0.3, -0.25) is 20.2 Å². The van der Waals surface area contributed by atoms with E-state index in [-0.39, 0.29) is 11.3 Å². The van der Waals surface area contributed by atoms with Gasteiger partial charge in [-0.05, 0) is 31.5 Å². The maximum Gasteiger partial charge on any atom is 0.293 e. The van der Waals surface area contributed by atoms with E-state index >= 15 is 0 Å². The summed E-state index contributed by atoms with van der Waals surface area (Å²) in [5.41, 5.74) is 4.39. The van der Waals surface area contributed by atoms with Gasteiger partial charge in [0.1, 0.15) is 5.69 Å². The van der Waals surface area contributed by atoms with Crippen LogP contribution in [-0.4, -0.2) is 36.1 Å². The summed E-state index contributed by atoms with van der Waals surface area (Å²) in [6, 6.07) is 10.4. The number of benzene rings is 2. The average Bonchev–Trinajstić information content (AvgIpc) is 3.16. The Morgan fingerprint density at radius 2 is 2.03 bits per heavy atom. The van der Waals surface area contributed by atoms with Gasteiger partial charge < -0.3 is 10.1 Å². The number of thiazole rings is 1. The molecule has 0 aliphatic rings. The normalized spacial score (nSPS) is 10.6. The Labute approximate surface area is 178 Å². The molecule has 0 bridgehead atoms. The lowest BCUT2D eigenvalue weighted by Gasteiger charge is -2.08. The molecule has 0 spiro atoms. The number of carbonyl (C=O) groups excluding carboxylic acids is 1. The Kier molecular flexibility index (Phi) is 6.76. The van der Waals surface area contributed by atoms with Crippen molar-refractivity contribution in [2.75, 3.05) is 30.9 Å². The van der Waals surface area contributed by atoms with Crippen LogP contribution in [0, 0.1) is 24.0 Å². The van der Waals surface area contributed by atoms with Crippen molar-refractivity contribution in [3.8, 4) is 11.3 Å². The van der Waals surface area contributed by atoms with Gasteiger partial charge in [0.15, 0.2) is 5.13 Å². The largest absolute Gasteiger partial charge is 0.383 e. The predicted octanol–water partition coefficient (Wildman–Crippen LogP) is 4.65. The first-order valence-electron chi connectivity index (χ1n) is 9.25. The van der Waals surface area contributed by atoms with E-state index in [1.807, 2.05) is 31.4 Å². The van der Waals surface area contributed by atoms with Crippen molar-refractivity contribution < 1.29 is 14.5 Å². The van der Waals surface area contributed by atoms with E-state index in [1.54, 1.807) is 7.11 Å². The molecule has 30 heavy (non-hydrogen) atoms. The van der Waals surface area contributed by atoms with Crippen LogP contribution in [0.15, 0.2) is 41.8 Å². The summed E-state index contributed by atoms with van der Waals surface area (Å²) in [6.45, 7) is 4.87. The fourth-order valence-electron chi connectivity index (χ4n) is 2.99. The van der Waals surface area contributed by atoms with Gasteiger partial charge in [-0.2, -0.15) is 0 Å². The maximum absolute atomic E-state index is 12.6. The Morgan fingerprint density at radius 1 is 1.23 bits per heavy atom. The van der Waals surface area contributed by atoms with Gasteiger partial charge in [-0.15, -0.1) is 11.3 Å². The molecule has 156 valence electrons. The first-order valence-corrected chi connectivity index (χ1v) is 10.1. The van der Waals surface area contributed by atoms with Gasteiger partial charge in [-0.1, -0.05) is 23.8 Å². The Morgan fingerprint density at radius 3 is 2.73 bits per heavy atom. The van der Waals surface area contributed by atoms with E-state index in [1.165, 1.54) is 35.1 Å². The van der Waals surface area contributed by atoms with Crippen LogP contribution in [0.25, 0.3) is 11.3 Å². The second-order valence-electron chi connectivity index (χ2n) is 6.72. The third-order valence-electron chi connectivity index (χ3n) is 4.46. The number of nitrogens with zero attached hydrogens (tertiary/aromatic N) is 2. The van der Waals surface area contributed by atoms with Crippen LogP contribution in [0.5, 0.6) is 0 Å². The zero-order valence-corrected chi connectivity index (χ0v) is 17.7. The molecule has 0 saturated heterocycles. The molecule has 0 saturated carbocycles. The van der Waals surface area contributed by atoms with Gasteiger partial charge in [0.25, 0.3) is 11.6 Å². The summed E-state index contributed by atoms with van der Waals surface area (Å²) in [5.74, 6) is -0.455. The van der Waals surface area contributed by atoms with Crippen LogP contribution in [-0.2, 0) is 4.74 Å². The number of anilines is 2. The number of amides is 1. The molecule has 9 heteroatoms. The Hall–Kier alpha value is -3.30. The molecule has 2 aromatic carbocycles. The molecule has 0 radical (unpaired) electrons. The molecule has 0 aliphatic carbocycles. The van der Waals surface area contributed by atoms with Crippen LogP contribution in [0.2, 0.25) is 0 Å². The number of carbonyl (C=O) groups is 1. The topological polar surface area (TPSA) is 106 Å². The first kappa shape index (κ1) is 21.4. The van der Waals surface area contributed by atoms with Crippen LogP contribution in [0.3, 0.4) is 0 Å². The monoisotopic (exact) mass is 426 g/mol. The molecule has 1 aromatic heterocycles. The van der Waals surface area contributed by atoms with Crippen LogP contribution >= 0.6 is 11.3 Å². The Bertz CT molecular complexity index is 1080. The molecule has 3 rings (SSSR count). The second-order valence-corrected chi connectivity index (χ2v) is 7.58. The van der Waals surface area contributed by atoms with E-state index in [9.17, 15) is 14.9 Å². The minimum Gasteiger partial charge on any atom is -0.383 e. The zero-order chi connectivity index (χ0) is 21.7. The molecule has 1 amide bonds. The highest BCUT2D eigenvalue weighted by Gasteiger charge is 2.18. The van der Waals surface area contributed by atoms with E-state index in [0.717, 1.165) is 16.8 Å². The number of rotatable bonds is 8. The van der Waals surface area contributed by atoms with E-state index in [0.29, 0.717) is 24.0 Å². The summed E-state index contributed by atoms with van der Waals surface area (Å²) in [5, 5.41) is 19.4. The van der Waals surface area contributed by atoms with Crippen molar-refractivity contribution in [1.82, 2.24) is 4.98 Å². The molecule has 8 nitrogen and oxygen atoms in total. The number of hydrogen-bond acceptors (Lipinski definition) is 7. The highest BCUT2D eigenvalue weighted by molar-refractivity contribution is 7.14. The van der Waals surface area contributed by atoms with Crippen molar-refractivity contribution >= 4 is 33.8 Å². The van der Waals surface area contributed by atoms with Crippen molar-refractivity contribution in [2.24, 2.45) is 0 Å². The van der Waals surface area contributed by atoms with Crippen molar-refractivity contribution in [1.29, 1.82) is 0 Å². The summed E-state index contributed by atoms with van der Waals surface area (Å²) in [7, 11) is 1.55. The summed E-state index contributed by atoms with van der Waals surface area (Å²) >= 11 is 1.30. The summed E-state index contributed by atoms with van der Waals surface area (Å²) < 4.78 is 4.94. The fourth-order valence-corrected chi connectivity index (χ4v) is 3.69. The molecule has 3 aromatic rings. The van der Waals surface area contributed by atoms with Gasteiger partial charge in [0.05, 0.1) is 17.2 Å². The standard InChI is InChI=1S/C21H22N4O4S/c1-13-4-6-16(14(2)10-13)18-12-30-21(23-18)24-20(26)15-5-7-17(22-8-9-29-3)19(11-15)25(27)28/h4-7,10-12,22H,8-9H2,1-3H3,(H,23,24,26).